The van der Waals surface area contributed by atoms with Crippen LogP contribution in [0.2, 0.25) is 5.04 Å². The van der Waals surface area contributed by atoms with E-state index in [4.69, 9.17) is 4.43 Å². The Balaban J connectivity index is 1.36. The van der Waals surface area contributed by atoms with Gasteiger partial charge in [0.05, 0.1) is 6.33 Å². The Hall–Kier alpha value is -4.22. The number of imidazole rings is 1. The van der Waals surface area contributed by atoms with Gasteiger partial charge in [-0.2, -0.15) is 0 Å². The van der Waals surface area contributed by atoms with Gasteiger partial charge in [0.1, 0.15) is 6.33 Å². The molecule has 0 radical (unpaired) electrons. The Bertz CT molecular complexity index is 1700. The third-order valence-electron chi connectivity index (χ3n) is 9.26. The van der Waals surface area contributed by atoms with Crippen LogP contribution in [-0.4, -0.2) is 63.8 Å². The largest absolute Gasteiger partial charge is 0.407 e. The Labute approximate surface area is 264 Å². The smallest absolute Gasteiger partial charge is 0.261 e. The van der Waals surface area contributed by atoms with Crippen molar-refractivity contribution in [3.05, 3.63) is 109 Å². The zero-order valence-electron chi connectivity index (χ0n) is 25.7. The number of rotatable bonds is 10. The summed E-state index contributed by atoms with van der Waals surface area (Å²) in [5, 5.41) is 26.0. The fourth-order valence-corrected chi connectivity index (χ4v) is 11.7. The van der Waals surface area contributed by atoms with E-state index < -0.39 is 8.32 Å². The van der Waals surface area contributed by atoms with Crippen molar-refractivity contribution in [2.75, 3.05) is 25.1 Å². The molecule has 45 heavy (non-hydrogen) atoms. The molecule has 1 aliphatic carbocycles. The van der Waals surface area contributed by atoms with Gasteiger partial charge in [-0.15, -0.1) is 0 Å². The summed E-state index contributed by atoms with van der Waals surface area (Å²) < 4.78 is 9.23. The minimum atomic E-state index is -2.84. The first-order chi connectivity index (χ1) is 21.8. The highest BCUT2D eigenvalue weighted by molar-refractivity contribution is 6.99. The van der Waals surface area contributed by atoms with Crippen molar-refractivity contribution in [1.82, 2.24) is 19.5 Å². The van der Waals surface area contributed by atoms with Crippen LogP contribution < -0.4 is 15.7 Å². The van der Waals surface area contributed by atoms with Gasteiger partial charge in [-0.05, 0) is 33.5 Å². The first-order valence-corrected chi connectivity index (χ1v) is 17.2. The predicted molar refractivity (Wildman–Crippen MR) is 177 cm³/mol. The quantitative estimate of drug-likeness (QED) is 0.201. The number of amides is 1. The van der Waals surface area contributed by atoms with Crippen LogP contribution in [0.4, 0.5) is 5.82 Å². The molecule has 0 bridgehead atoms. The first kappa shape index (κ1) is 30.8. The number of aliphatic hydroxyl groups is 2. The van der Waals surface area contributed by atoms with E-state index in [2.05, 4.69) is 89.6 Å². The Morgan fingerprint density at radius 2 is 1.40 bits per heavy atom. The van der Waals surface area contributed by atoms with Crippen molar-refractivity contribution in [2.45, 2.75) is 31.9 Å². The number of benzene rings is 3. The van der Waals surface area contributed by atoms with Gasteiger partial charge in [-0.3, -0.25) is 4.79 Å². The summed E-state index contributed by atoms with van der Waals surface area (Å²) in [6, 6.07) is 29.6. The summed E-state index contributed by atoms with van der Waals surface area (Å²) in [7, 11) is -2.84. The monoisotopic (exact) mass is 621 g/mol. The zero-order valence-corrected chi connectivity index (χ0v) is 26.7. The van der Waals surface area contributed by atoms with Crippen molar-refractivity contribution >= 4 is 41.6 Å². The molecule has 10 heteroatoms. The summed E-state index contributed by atoms with van der Waals surface area (Å²) in [6.07, 6.45) is 3.10. The van der Waals surface area contributed by atoms with Gasteiger partial charge in [-0.25, -0.2) is 15.0 Å². The second-order valence-corrected chi connectivity index (χ2v) is 17.0. The molecule has 6 rings (SSSR count). The van der Waals surface area contributed by atoms with Crippen LogP contribution >= 0.6 is 0 Å². The maximum atomic E-state index is 12.9. The lowest BCUT2D eigenvalue weighted by Crippen LogP contribution is -2.67. The van der Waals surface area contributed by atoms with Gasteiger partial charge >= 0.3 is 0 Å². The van der Waals surface area contributed by atoms with E-state index in [1.54, 1.807) is 30.6 Å². The molecule has 1 fully saturated rings. The predicted octanol–water partition coefficient (Wildman–Crippen LogP) is 4.04. The summed E-state index contributed by atoms with van der Waals surface area (Å²) in [5.74, 6) is -0.499. The number of fused-ring (bicyclic) bond motifs is 1. The highest BCUT2D eigenvalue weighted by atomic mass is 28.4. The molecule has 2 heterocycles. The fourth-order valence-electron chi connectivity index (χ4n) is 7.06. The van der Waals surface area contributed by atoms with Crippen molar-refractivity contribution in [2.24, 2.45) is 17.8 Å². The minimum absolute atomic E-state index is 0.0729. The zero-order chi connectivity index (χ0) is 31.6. The number of carbonyl (C=O) groups is 1. The molecule has 9 nitrogen and oxygen atoms in total. The molecule has 1 aliphatic rings. The van der Waals surface area contributed by atoms with Crippen LogP contribution in [0.5, 0.6) is 0 Å². The molecular formula is C35H39N5O4Si. The van der Waals surface area contributed by atoms with Crippen LogP contribution in [0, 0.1) is 17.8 Å². The van der Waals surface area contributed by atoms with Crippen LogP contribution in [0.1, 0.15) is 37.2 Å². The number of nitrogens with one attached hydrogen (secondary N) is 1. The number of carbonyl (C=O) groups excluding carboxylic acids is 1. The number of hydrogen-bond donors (Lipinski definition) is 3. The van der Waals surface area contributed by atoms with Gasteiger partial charge in [0, 0.05) is 43.3 Å². The van der Waals surface area contributed by atoms with E-state index in [1.165, 1.54) is 16.7 Å². The topological polar surface area (TPSA) is 122 Å². The van der Waals surface area contributed by atoms with Gasteiger partial charge in [0.15, 0.2) is 17.0 Å². The lowest BCUT2D eigenvalue weighted by atomic mass is 9.61. The summed E-state index contributed by atoms with van der Waals surface area (Å²) in [4.78, 5) is 26.4. The van der Waals surface area contributed by atoms with Gasteiger partial charge in [0.2, 0.25) is 0 Å². The lowest BCUT2D eigenvalue weighted by molar-refractivity contribution is -0.0872. The molecule has 3 aromatic carbocycles. The average Bonchev–Trinajstić information content (AvgIpc) is 3.47. The number of anilines is 1. The molecule has 3 N–H and O–H groups in total. The number of hydrogen-bond acceptors (Lipinski definition) is 7. The Kier molecular flexibility index (Phi) is 8.65. The van der Waals surface area contributed by atoms with E-state index >= 15 is 0 Å². The fraction of sp³-hybridized carbons (Fsp3) is 0.314. The average molecular weight is 622 g/mol. The van der Waals surface area contributed by atoms with Gasteiger partial charge in [-0.1, -0.05) is 99.6 Å². The number of aromatic nitrogens is 4. The van der Waals surface area contributed by atoms with Crippen LogP contribution in [0.25, 0.3) is 11.2 Å². The number of nitrogens with zero attached hydrogens (tertiary/aromatic N) is 4. The second-order valence-electron chi connectivity index (χ2n) is 12.7. The van der Waals surface area contributed by atoms with Crippen molar-refractivity contribution in [1.29, 1.82) is 0 Å². The first-order valence-electron chi connectivity index (χ1n) is 15.3. The summed E-state index contributed by atoms with van der Waals surface area (Å²) in [5.41, 5.74) is 1.51. The van der Waals surface area contributed by atoms with E-state index in [-0.39, 0.29) is 48.0 Å². The normalized spacial score (nSPS) is 20.1. The molecule has 2 aromatic heterocycles. The van der Waals surface area contributed by atoms with Gasteiger partial charge in [0.25, 0.3) is 14.2 Å². The van der Waals surface area contributed by atoms with Crippen LogP contribution in [-0.2, 0) is 4.43 Å². The third-order valence-corrected chi connectivity index (χ3v) is 14.3. The van der Waals surface area contributed by atoms with E-state index in [9.17, 15) is 15.0 Å². The molecule has 1 saturated carbocycles. The molecule has 0 spiro atoms. The molecule has 4 atom stereocenters. The molecule has 0 unspecified atom stereocenters. The minimum Gasteiger partial charge on any atom is -0.407 e. The van der Waals surface area contributed by atoms with E-state index in [1.807, 2.05) is 22.8 Å². The molecule has 0 saturated heterocycles. The Morgan fingerprint density at radius 3 is 1.96 bits per heavy atom. The molecule has 232 valence electrons. The third kappa shape index (κ3) is 5.48. The number of aliphatic hydroxyl groups excluding tert-OH is 2. The van der Waals surface area contributed by atoms with Crippen molar-refractivity contribution in [3.63, 3.8) is 0 Å². The van der Waals surface area contributed by atoms with E-state index in [0.717, 1.165) is 0 Å². The second kappa shape index (κ2) is 12.6. The highest BCUT2D eigenvalue weighted by Crippen LogP contribution is 2.51. The van der Waals surface area contributed by atoms with Crippen LogP contribution in [0.3, 0.4) is 0 Å². The SMILES string of the molecule is CC(C)(C)[Si](OC[C@H]1[C@H](CO)[C@@H](CO)[C@@H]1n1cnc2c(NC(=O)c3ccccc3)ncnc21)(c1ccccc1)c1ccccc1. The molecule has 5 aromatic rings. The molecule has 1 amide bonds. The maximum absolute atomic E-state index is 12.9. The highest BCUT2D eigenvalue weighted by Gasteiger charge is 2.55. The summed E-state index contributed by atoms with van der Waals surface area (Å²) in [6.45, 7) is 6.92. The molecule has 0 aliphatic heterocycles. The van der Waals surface area contributed by atoms with E-state index in [0.29, 0.717) is 29.2 Å². The van der Waals surface area contributed by atoms with Gasteiger partial charge < -0.3 is 24.5 Å². The standard InChI is InChI=1S/C35H39N5O4Si/c1-35(2,3)45(25-15-9-5-10-16-25,26-17-11-6-12-18-26)44-21-29-27(19-41)28(20-42)31(29)40-23-38-30-32(36-22-37-33(30)40)39-34(43)24-13-7-4-8-14-24/h4-18,22-23,27-29,31,41-42H,19-21H2,1-3H3,(H,36,37,39,43)/t27-,28-,29+,31+/m1/s1. The maximum Gasteiger partial charge on any atom is 0.261 e. The Morgan fingerprint density at radius 1 is 0.822 bits per heavy atom. The van der Waals surface area contributed by atoms with Crippen molar-refractivity contribution < 1.29 is 19.4 Å². The van der Waals surface area contributed by atoms with Crippen LogP contribution in [0.15, 0.2) is 104 Å². The lowest BCUT2D eigenvalue weighted by Gasteiger charge is -2.53. The summed E-state index contributed by atoms with van der Waals surface area (Å²) >= 11 is 0. The molecular weight excluding hydrogens is 583 g/mol. The van der Waals surface area contributed by atoms with Crippen molar-refractivity contribution in [3.8, 4) is 0 Å².